The fourth-order valence-corrected chi connectivity index (χ4v) is 2.48. The summed E-state index contributed by atoms with van der Waals surface area (Å²) in [5.41, 5.74) is 9.97. The van der Waals surface area contributed by atoms with Crippen molar-refractivity contribution >= 4 is 22.7 Å². The molecule has 0 amide bonds. The second kappa shape index (κ2) is 4.75. The summed E-state index contributed by atoms with van der Waals surface area (Å²) in [4.78, 5) is 6.58. The van der Waals surface area contributed by atoms with Gasteiger partial charge in [-0.3, -0.25) is 0 Å². The summed E-state index contributed by atoms with van der Waals surface area (Å²) in [5, 5.41) is 3.25. The Morgan fingerprint density at radius 1 is 1.35 bits per heavy atom. The standard InChI is InChI=1S/C13H17N3S/c1-4-13-15-11(8-17-13)9-5-6-12(16(2)3)10(14)7-9/h5-8H,4,14H2,1-3H3. The summed E-state index contributed by atoms with van der Waals surface area (Å²) in [5.74, 6) is 0. The third-order valence-corrected chi connectivity index (χ3v) is 3.65. The number of nitrogens with two attached hydrogens (primary N) is 1. The molecule has 1 aromatic heterocycles. The first-order chi connectivity index (χ1) is 8.11. The third-order valence-electron chi connectivity index (χ3n) is 2.66. The predicted octanol–water partition coefficient (Wildman–Crippen LogP) is 3.02. The van der Waals surface area contributed by atoms with Crippen LogP contribution in [0.4, 0.5) is 11.4 Å². The number of nitrogens with zero attached hydrogens (tertiary/aromatic N) is 2. The van der Waals surface area contributed by atoms with Gasteiger partial charge in [-0.25, -0.2) is 4.98 Å². The van der Waals surface area contributed by atoms with Crippen LogP contribution in [0.2, 0.25) is 0 Å². The van der Waals surface area contributed by atoms with Crippen LogP contribution in [0.1, 0.15) is 11.9 Å². The fraction of sp³-hybridized carbons (Fsp3) is 0.308. The first-order valence-corrected chi connectivity index (χ1v) is 6.51. The van der Waals surface area contributed by atoms with E-state index in [0.29, 0.717) is 0 Å². The van der Waals surface area contributed by atoms with Crippen molar-refractivity contribution in [2.24, 2.45) is 0 Å². The molecule has 2 N–H and O–H groups in total. The van der Waals surface area contributed by atoms with Crippen LogP contribution in [0.25, 0.3) is 11.3 Å². The second-order valence-corrected chi connectivity index (χ2v) is 5.09. The Bertz CT molecular complexity index is 517. The van der Waals surface area contributed by atoms with E-state index in [0.717, 1.165) is 34.1 Å². The molecule has 0 saturated carbocycles. The molecule has 0 unspecified atom stereocenters. The van der Waals surface area contributed by atoms with Crippen LogP contribution < -0.4 is 10.6 Å². The van der Waals surface area contributed by atoms with Gasteiger partial charge in [-0.15, -0.1) is 11.3 Å². The van der Waals surface area contributed by atoms with E-state index in [1.807, 2.05) is 31.1 Å². The van der Waals surface area contributed by atoms with Gasteiger partial charge in [-0.05, 0) is 18.6 Å². The van der Waals surface area contributed by atoms with Gasteiger partial charge in [0.05, 0.1) is 22.1 Å². The maximum absolute atomic E-state index is 6.03. The number of hydrogen-bond donors (Lipinski definition) is 1. The van der Waals surface area contributed by atoms with Crippen LogP contribution >= 0.6 is 11.3 Å². The first-order valence-electron chi connectivity index (χ1n) is 5.63. The second-order valence-electron chi connectivity index (χ2n) is 4.15. The molecule has 0 radical (unpaired) electrons. The molecule has 0 aliphatic heterocycles. The molecule has 0 aliphatic carbocycles. The van der Waals surface area contributed by atoms with Gasteiger partial charge in [0.1, 0.15) is 0 Å². The number of hydrogen-bond acceptors (Lipinski definition) is 4. The monoisotopic (exact) mass is 247 g/mol. The molecular weight excluding hydrogens is 230 g/mol. The number of rotatable bonds is 3. The van der Waals surface area contributed by atoms with Crippen molar-refractivity contribution in [2.45, 2.75) is 13.3 Å². The molecule has 2 aromatic rings. The number of nitrogen functional groups attached to an aromatic ring is 1. The van der Waals surface area contributed by atoms with Gasteiger partial charge in [-0.1, -0.05) is 13.0 Å². The molecule has 90 valence electrons. The number of benzene rings is 1. The number of aromatic nitrogens is 1. The Morgan fingerprint density at radius 3 is 2.65 bits per heavy atom. The maximum atomic E-state index is 6.03. The van der Waals surface area contributed by atoms with Crippen molar-refractivity contribution in [1.29, 1.82) is 0 Å². The molecule has 4 heteroatoms. The van der Waals surface area contributed by atoms with Crippen LogP contribution in [0, 0.1) is 0 Å². The third kappa shape index (κ3) is 2.42. The topological polar surface area (TPSA) is 42.2 Å². The Kier molecular flexibility index (Phi) is 3.33. The van der Waals surface area contributed by atoms with E-state index < -0.39 is 0 Å². The minimum atomic E-state index is 0.790. The average Bonchev–Trinajstić information content (AvgIpc) is 2.76. The molecule has 1 aromatic carbocycles. The lowest BCUT2D eigenvalue weighted by molar-refractivity contribution is 1.10. The Labute approximate surface area is 106 Å². The lowest BCUT2D eigenvalue weighted by atomic mass is 10.1. The minimum Gasteiger partial charge on any atom is -0.397 e. The highest BCUT2D eigenvalue weighted by Crippen LogP contribution is 2.29. The largest absolute Gasteiger partial charge is 0.397 e. The van der Waals surface area contributed by atoms with Gasteiger partial charge in [-0.2, -0.15) is 0 Å². The summed E-state index contributed by atoms with van der Waals surface area (Å²) in [6, 6.07) is 6.10. The molecule has 0 atom stereocenters. The maximum Gasteiger partial charge on any atom is 0.0929 e. The predicted molar refractivity (Wildman–Crippen MR) is 75.7 cm³/mol. The van der Waals surface area contributed by atoms with E-state index in [-0.39, 0.29) is 0 Å². The van der Waals surface area contributed by atoms with Crippen LogP contribution in [0.5, 0.6) is 0 Å². The molecule has 0 spiro atoms. The molecule has 17 heavy (non-hydrogen) atoms. The molecule has 2 rings (SSSR count). The van der Waals surface area contributed by atoms with E-state index >= 15 is 0 Å². The number of aryl methyl sites for hydroxylation is 1. The SMILES string of the molecule is CCc1nc(-c2ccc(N(C)C)c(N)c2)cs1. The van der Waals surface area contributed by atoms with E-state index in [1.165, 1.54) is 0 Å². The van der Waals surface area contributed by atoms with Crippen molar-refractivity contribution in [1.82, 2.24) is 4.98 Å². The van der Waals surface area contributed by atoms with Crippen LogP contribution in [-0.2, 0) is 6.42 Å². The van der Waals surface area contributed by atoms with Gasteiger partial charge in [0, 0.05) is 25.0 Å². The van der Waals surface area contributed by atoms with Gasteiger partial charge < -0.3 is 10.6 Å². The van der Waals surface area contributed by atoms with Crippen molar-refractivity contribution < 1.29 is 0 Å². The van der Waals surface area contributed by atoms with Gasteiger partial charge in [0.25, 0.3) is 0 Å². The molecule has 0 bridgehead atoms. The van der Waals surface area contributed by atoms with E-state index in [9.17, 15) is 0 Å². The number of thiazole rings is 1. The molecular formula is C13H17N3S. The van der Waals surface area contributed by atoms with Gasteiger partial charge in [0.15, 0.2) is 0 Å². The normalized spacial score (nSPS) is 10.5. The van der Waals surface area contributed by atoms with Crippen LogP contribution in [0.3, 0.4) is 0 Å². The summed E-state index contributed by atoms with van der Waals surface area (Å²) >= 11 is 1.70. The Morgan fingerprint density at radius 2 is 2.12 bits per heavy atom. The highest BCUT2D eigenvalue weighted by atomic mass is 32.1. The lowest BCUT2D eigenvalue weighted by Crippen LogP contribution is -2.10. The van der Waals surface area contributed by atoms with Crippen molar-refractivity contribution in [3.63, 3.8) is 0 Å². The first kappa shape index (κ1) is 11.9. The van der Waals surface area contributed by atoms with E-state index in [4.69, 9.17) is 5.73 Å². The van der Waals surface area contributed by atoms with Gasteiger partial charge >= 0.3 is 0 Å². The molecule has 3 nitrogen and oxygen atoms in total. The zero-order chi connectivity index (χ0) is 12.4. The minimum absolute atomic E-state index is 0.790. The quantitative estimate of drug-likeness (QED) is 0.848. The van der Waals surface area contributed by atoms with E-state index in [2.05, 4.69) is 23.4 Å². The average molecular weight is 247 g/mol. The van der Waals surface area contributed by atoms with Crippen molar-refractivity contribution in [3.05, 3.63) is 28.6 Å². The molecule has 0 fully saturated rings. The zero-order valence-electron chi connectivity index (χ0n) is 10.4. The highest BCUT2D eigenvalue weighted by Gasteiger charge is 2.07. The molecule has 1 heterocycles. The highest BCUT2D eigenvalue weighted by molar-refractivity contribution is 7.09. The Hall–Kier alpha value is -1.55. The van der Waals surface area contributed by atoms with Crippen LogP contribution in [0.15, 0.2) is 23.6 Å². The van der Waals surface area contributed by atoms with Crippen molar-refractivity contribution in [3.8, 4) is 11.3 Å². The zero-order valence-corrected chi connectivity index (χ0v) is 11.2. The smallest absolute Gasteiger partial charge is 0.0929 e. The number of anilines is 2. The summed E-state index contributed by atoms with van der Waals surface area (Å²) < 4.78 is 0. The summed E-state index contributed by atoms with van der Waals surface area (Å²) in [6.45, 7) is 2.12. The molecule has 0 aliphatic rings. The summed E-state index contributed by atoms with van der Waals surface area (Å²) in [6.07, 6.45) is 0.982. The van der Waals surface area contributed by atoms with Crippen LogP contribution in [-0.4, -0.2) is 19.1 Å². The fourth-order valence-electron chi connectivity index (χ4n) is 1.73. The van der Waals surface area contributed by atoms with Crippen molar-refractivity contribution in [2.75, 3.05) is 24.7 Å². The van der Waals surface area contributed by atoms with Gasteiger partial charge in [0.2, 0.25) is 0 Å². The molecule has 0 saturated heterocycles. The van der Waals surface area contributed by atoms with E-state index in [1.54, 1.807) is 11.3 Å². The lowest BCUT2D eigenvalue weighted by Gasteiger charge is -2.15. The Balaban J connectivity index is 2.37. The summed E-state index contributed by atoms with van der Waals surface area (Å²) in [7, 11) is 3.98.